The molecule has 0 aliphatic heterocycles. The van der Waals surface area contributed by atoms with Crippen LogP contribution in [0.25, 0.3) is 0 Å². The fraction of sp³-hybridized carbons (Fsp3) is 0.350. The molecule has 0 bridgehead atoms. The van der Waals surface area contributed by atoms with Crippen molar-refractivity contribution in [3.8, 4) is 17.2 Å². The van der Waals surface area contributed by atoms with Crippen molar-refractivity contribution in [2.45, 2.75) is 26.3 Å². The Kier molecular flexibility index (Phi) is 7.14. The van der Waals surface area contributed by atoms with E-state index in [1.807, 2.05) is 49.4 Å². The summed E-state index contributed by atoms with van der Waals surface area (Å²) in [7, 11) is 3.18. The molecule has 0 saturated heterocycles. The lowest BCUT2D eigenvalue weighted by molar-refractivity contribution is -0.121. The molecule has 2 aromatic carbocycles. The SMILES string of the molecule is COc1cccc(CNC(=O)CCCOc2ccccc2C)c1OC. The van der Waals surface area contributed by atoms with Gasteiger partial charge in [-0.3, -0.25) is 4.79 Å². The molecular weight excluding hydrogens is 318 g/mol. The predicted octanol–water partition coefficient (Wildman–Crippen LogP) is 3.49. The minimum absolute atomic E-state index is 0.0155. The normalized spacial score (nSPS) is 10.2. The molecule has 0 atom stereocenters. The summed E-state index contributed by atoms with van der Waals surface area (Å²) in [5, 5.41) is 2.90. The van der Waals surface area contributed by atoms with Crippen LogP contribution in [0.15, 0.2) is 42.5 Å². The minimum Gasteiger partial charge on any atom is -0.493 e. The van der Waals surface area contributed by atoms with Crippen LogP contribution >= 0.6 is 0 Å². The van der Waals surface area contributed by atoms with E-state index in [1.165, 1.54) is 0 Å². The van der Waals surface area contributed by atoms with Gasteiger partial charge < -0.3 is 19.5 Å². The van der Waals surface area contributed by atoms with Crippen LogP contribution in [0.2, 0.25) is 0 Å². The van der Waals surface area contributed by atoms with Gasteiger partial charge in [0, 0.05) is 18.5 Å². The molecule has 0 heterocycles. The number of benzene rings is 2. The predicted molar refractivity (Wildman–Crippen MR) is 97.3 cm³/mol. The molecule has 2 aromatic rings. The lowest BCUT2D eigenvalue weighted by atomic mass is 10.1. The number of aryl methyl sites for hydroxylation is 1. The Morgan fingerprint density at radius 1 is 1.00 bits per heavy atom. The summed E-state index contributed by atoms with van der Waals surface area (Å²) in [6, 6.07) is 13.5. The van der Waals surface area contributed by atoms with Gasteiger partial charge in [0.15, 0.2) is 11.5 Å². The van der Waals surface area contributed by atoms with E-state index in [2.05, 4.69) is 5.32 Å². The quantitative estimate of drug-likeness (QED) is 0.708. The molecule has 0 radical (unpaired) electrons. The maximum Gasteiger partial charge on any atom is 0.220 e. The third-order valence-electron chi connectivity index (χ3n) is 3.86. The number of para-hydroxylation sites is 2. The molecule has 0 aliphatic rings. The molecule has 0 saturated carbocycles. The lowest BCUT2D eigenvalue weighted by Gasteiger charge is -2.13. The molecule has 2 rings (SSSR count). The van der Waals surface area contributed by atoms with Gasteiger partial charge in [-0.2, -0.15) is 0 Å². The van der Waals surface area contributed by atoms with Gasteiger partial charge in [0.1, 0.15) is 5.75 Å². The average Bonchev–Trinajstić information content (AvgIpc) is 2.64. The standard InChI is InChI=1S/C20H25NO4/c1-15-8-4-5-10-17(15)25-13-7-12-19(22)21-14-16-9-6-11-18(23-2)20(16)24-3/h4-6,8-11H,7,12-14H2,1-3H3,(H,21,22). The van der Waals surface area contributed by atoms with E-state index in [-0.39, 0.29) is 5.91 Å². The molecule has 5 heteroatoms. The van der Waals surface area contributed by atoms with Crippen molar-refractivity contribution in [1.82, 2.24) is 5.32 Å². The monoisotopic (exact) mass is 343 g/mol. The smallest absolute Gasteiger partial charge is 0.220 e. The van der Waals surface area contributed by atoms with E-state index in [0.29, 0.717) is 37.5 Å². The highest BCUT2D eigenvalue weighted by atomic mass is 16.5. The third-order valence-corrected chi connectivity index (χ3v) is 3.86. The second-order valence-corrected chi connectivity index (χ2v) is 5.65. The van der Waals surface area contributed by atoms with Crippen molar-refractivity contribution in [3.05, 3.63) is 53.6 Å². The van der Waals surface area contributed by atoms with Crippen molar-refractivity contribution in [2.24, 2.45) is 0 Å². The van der Waals surface area contributed by atoms with E-state index in [4.69, 9.17) is 14.2 Å². The molecule has 1 N–H and O–H groups in total. The highest BCUT2D eigenvalue weighted by molar-refractivity contribution is 5.76. The van der Waals surface area contributed by atoms with Gasteiger partial charge in [0.05, 0.1) is 20.8 Å². The number of ether oxygens (including phenoxy) is 3. The molecule has 0 aromatic heterocycles. The number of carbonyl (C=O) groups is 1. The summed E-state index contributed by atoms with van der Waals surface area (Å²) in [4.78, 5) is 12.0. The van der Waals surface area contributed by atoms with Crippen molar-refractivity contribution in [2.75, 3.05) is 20.8 Å². The number of hydrogen-bond donors (Lipinski definition) is 1. The molecule has 25 heavy (non-hydrogen) atoms. The lowest BCUT2D eigenvalue weighted by Crippen LogP contribution is -2.23. The highest BCUT2D eigenvalue weighted by Gasteiger charge is 2.10. The van der Waals surface area contributed by atoms with Crippen molar-refractivity contribution < 1.29 is 19.0 Å². The van der Waals surface area contributed by atoms with E-state index in [0.717, 1.165) is 16.9 Å². The Bertz CT molecular complexity index is 700. The zero-order valence-electron chi connectivity index (χ0n) is 15.0. The van der Waals surface area contributed by atoms with Crippen LogP contribution in [-0.4, -0.2) is 26.7 Å². The van der Waals surface area contributed by atoms with Gasteiger partial charge in [0.2, 0.25) is 5.91 Å². The molecular formula is C20H25NO4. The molecule has 0 fully saturated rings. The Balaban J connectivity index is 1.75. The minimum atomic E-state index is -0.0155. The van der Waals surface area contributed by atoms with Gasteiger partial charge in [-0.25, -0.2) is 0 Å². The topological polar surface area (TPSA) is 56.8 Å². The number of amides is 1. The fourth-order valence-corrected chi connectivity index (χ4v) is 2.51. The summed E-state index contributed by atoms with van der Waals surface area (Å²) in [6.45, 7) is 2.92. The van der Waals surface area contributed by atoms with E-state index in [1.54, 1.807) is 14.2 Å². The summed E-state index contributed by atoms with van der Waals surface area (Å²) in [5.41, 5.74) is 1.98. The Hall–Kier alpha value is -2.69. The van der Waals surface area contributed by atoms with Gasteiger partial charge >= 0.3 is 0 Å². The average molecular weight is 343 g/mol. The van der Waals surface area contributed by atoms with Crippen LogP contribution in [0.4, 0.5) is 0 Å². The van der Waals surface area contributed by atoms with Crippen LogP contribution < -0.4 is 19.5 Å². The summed E-state index contributed by atoms with van der Waals surface area (Å²) >= 11 is 0. The Labute approximate surface area is 148 Å². The van der Waals surface area contributed by atoms with E-state index < -0.39 is 0 Å². The summed E-state index contributed by atoms with van der Waals surface area (Å²) < 4.78 is 16.3. The van der Waals surface area contributed by atoms with Crippen LogP contribution in [0, 0.1) is 6.92 Å². The first-order chi connectivity index (χ1) is 12.2. The second-order valence-electron chi connectivity index (χ2n) is 5.65. The molecule has 134 valence electrons. The molecule has 1 amide bonds. The summed E-state index contributed by atoms with van der Waals surface area (Å²) in [5.74, 6) is 2.15. The van der Waals surface area contributed by atoms with Crippen LogP contribution in [0.1, 0.15) is 24.0 Å². The largest absolute Gasteiger partial charge is 0.493 e. The Morgan fingerprint density at radius 3 is 2.48 bits per heavy atom. The first kappa shape index (κ1) is 18.6. The molecule has 5 nitrogen and oxygen atoms in total. The maximum atomic E-state index is 12.0. The fourth-order valence-electron chi connectivity index (χ4n) is 2.51. The maximum absolute atomic E-state index is 12.0. The summed E-state index contributed by atoms with van der Waals surface area (Å²) in [6.07, 6.45) is 1.08. The van der Waals surface area contributed by atoms with Crippen molar-refractivity contribution >= 4 is 5.91 Å². The van der Waals surface area contributed by atoms with E-state index >= 15 is 0 Å². The molecule has 0 spiro atoms. The van der Waals surface area contributed by atoms with Crippen molar-refractivity contribution in [3.63, 3.8) is 0 Å². The van der Waals surface area contributed by atoms with Crippen LogP contribution in [0.3, 0.4) is 0 Å². The zero-order valence-corrected chi connectivity index (χ0v) is 15.0. The molecule has 0 unspecified atom stereocenters. The number of hydrogen-bond acceptors (Lipinski definition) is 4. The van der Waals surface area contributed by atoms with Gasteiger partial charge in [0.25, 0.3) is 0 Å². The second kappa shape index (κ2) is 9.57. The van der Waals surface area contributed by atoms with E-state index in [9.17, 15) is 4.79 Å². The van der Waals surface area contributed by atoms with Gasteiger partial charge in [-0.15, -0.1) is 0 Å². The number of nitrogens with one attached hydrogen (secondary N) is 1. The van der Waals surface area contributed by atoms with Crippen molar-refractivity contribution in [1.29, 1.82) is 0 Å². The Morgan fingerprint density at radius 2 is 1.76 bits per heavy atom. The third kappa shape index (κ3) is 5.41. The molecule has 0 aliphatic carbocycles. The van der Waals surface area contributed by atoms with Gasteiger partial charge in [-0.05, 0) is 31.0 Å². The number of rotatable bonds is 9. The first-order valence-electron chi connectivity index (χ1n) is 8.30. The van der Waals surface area contributed by atoms with Gasteiger partial charge in [-0.1, -0.05) is 30.3 Å². The highest BCUT2D eigenvalue weighted by Crippen LogP contribution is 2.30. The first-order valence-corrected chi connectivity index (χ1v) is 8.30. The van der Waals surface area contributed by atoms with Crippen LogP contribution in [0.5, 0.6) is 17.2 Å². The number of methoxy groups -OCH3 is 2. The number of carbonyl (C=O) groups excluding carboxylic acids is 1. The van der Waals surface area contributed by atoms with Crippen LogP contribution in [-0.2, 0) is 11.3 Å². The zero-order chi connectivity index (χ0) is 18.1.